The van der Waals surface area contributed by atoms with E-state index >= 15 is 0 Å². The summed E-state index contributed by atoms with van der Waals surface area (Å²) < 4.78 is 0. The Hall–Kier alpha value is -2.13. The van der Waals surface area contributed by atoms with Crippen LogP contribution < -0.4 is 5.32 Å². The van der Waals surface area contributed by atoms with Crippen molar-refractivity contribution in [3.05, 3.63) is 64.6 Å². The van der Waals surface area contributed by atoms with Gasteiger partial charge in [-0.2, -0.15) is 0 Å². The molecule has 0 unspecified atom stereocenters. The number of aryl methyl sites for hydroxylation is 2. The van der Waals surface area contributed by atoms with Crippen molar-refractivity contribution >= 4 is 28.2 Å². The molecule has 2 aromatic heterocycles. The molecule has 0 aliphatic heterocycles. The third-order valence-corrected chi connectivity index (χ3v) is 3.82. The highest BCUT2D eigenvalue weighted by molar-refractivity contribution is 6.30. The van der Waals surface area contributed by atoms with E-state index in [2.05, 4.69) is 27.4 Å². The molecule has 0 fully saturated rings. The van der Waals surface area contributed by atoms with Crippen molar-refractivity contribution in [1.29, 1.82) is 0 Å². The quantitative estimate of drug-likeness (QED) is 0.723. The molecule has 0 aliphatic carbocycles. The fourth-order valence-corrected chi connectivity index (χ4v) is 2.50. The maximum atomic E-state index is 5.95. The number of hydrogen-bond acceptors (Lipinski definition) is 3. The number of rotatable bonds is 3. The van der Waals surface area contributed by atoms with E-state index in [1.807, 2.05) is 38.1 Å². The number of fused-ring (bicyclic) bond motifs is 1. The Morgan fingerprint density at radius 3 is 2.76 bits per heavy atom. The molecule has 0 radical (unpaired) electrons. The van der Waals surface area contributed by atoms with Gasteiger partial charge in [-0.1, -0.05) is 29.8 Å². The van der Waals surface area contributed by atoms with Gasteiger partial charge in [0.25, 0.3) is 0 Å². The number of nitrogens with one attached hydrogen (secondary N) is 1. The van der Waals surface area contributed by atoms with Crippen LogP contribution in [0.4, 0.5) is 5.69 Å². The molecule has 0 aliphatic rings. The Morgan fingerprint density at radius 2 is 1.95 bits per heavy atom. The van der Waals surface area contributed by atoms with E-state index < -0.39 is 0 Å². The van der Waals surface area contributed by atoms with E-state index in [1.54, 1.807) is 6.20 Å². The molecule has 21 heavy (non-hydrogen) atoms. The van der Waals surface area contributed by atoms with Crippen molar-refractivity contribution in [1.82, 2.24) is 9.97 Å². The SMILES string of the molecule is Cc1cc(CNc2cnc(Cl)c(C)c2)c2ccccc2n1. The zero-order valence-corrected chi connectivity index (χ0v) is 12.8. The van der Waals surface area contributed by atoms with Crippen molar-refractivity contribution in [2.75, 3.05) is 5.32 Å². The maximum absolute atomic E-state index is 5.95. The summed E-state index contributed by atoms with van der Waals surface area (Å²) in [7, 11) is 0. The summed E-state index contributed by atoms with van der Waals surface area (Å²) in [6.07, 6.45) is 1.76. The standard InChI is InChI=1S/C17H16ClN3/c1-11-7-14(10-20-17(11)18)19-9-13-8-12(2)21-16-6-4-3-5-15(13)16/h3-8,10,19H,9H2,1-2H3. The van der Waals surface area contributed by atoms with Gasteiger partial charge in [0, 0.05) is 17.6 Å². The first-order valence-electron chi connectivity index (χ1n) is 6.85. The average molecular weight is 298 g/mol. The van der Waals surface area contributed by atoms with Crippen LogP contribution >= 0.6 is 11.6 Å². The van der Waals surface area contributed by atoms with E-state index in [0.29, 0.717) is 5.15 Å². The Morgan fingerprint density at radius 1 is 1.14 bits per heavy atom. The summed E-state index contributed by atoms with van der Waals surface area (Å²) in [5.74, 6) is 0. The minimum absolute atomic E-state index is 0.547. The normalized spacial score (nSPS) is 10.8. The number of hydrogen-bond donors (Lipinski definition) is 1. The molecule has 3 rings (SSSR count). The number of pyridine rings is 2. The van der Waals surface area contributed by atoms with E-state index in [0.717, 1.165) is 29.0 Å². The summed E-state index contributed by atoms with van der Waals surface area (Å²) in [6, 6.07) is 12.3. The Bertz CT molecular complexity index is 799. The van der Waals surface area contributed by atoms with Crippen LogP contribution in [0.25, 0.3) is 10.9 Å². The lowest BCUT2D eigenvalue weighted by Gasteiger charge is -2.11. The summed E-state index contributed by atoms with van der Waals surface area (Å²) in [6.45, 7) is 4.70. The Labute approximate surface area is 129 Å². The number of anilines is 1. The van der Waals surface area contributed by atoms with Gasteiger partial charge in [-0.05, 0) is 43.2 Å². The van der Waals surface area contributed by atoms with Gasteiger partial charge in [-0.15, -0.1) is 0 Å². The number of aromatic nitrogens is 2. The molecule has 0 amide bonds. The molecular weight excluding hydrogens is 282 g/mol. The smallest absolute Gasteiger partial charge is 0.132 e. The second kappa shape index (κ2) is 5.70. The lowest BCUT2D eigenvalue weighted by Crippen LogP contribution is -2.02. The van der Waals surface area contributed by atoms with Crippen LogP contribution in [0.15, 0.2) is 42.6 Å². The van der Waals surface area contributed by atoms with Crippen molar-refractivity contribution in [3.63, 3.8) is 0 Å². The highest BCUT2D eigenvalue weighted by Crippen LogP contribution is 2.21. The molecule has 3 aromatic rings. The van der Waals surface area contributed by atoms with Crippen molar-refractivity contribution < 1.29 is 0 Å². The van der Waals surface area contributed by atoms with Crippen LogP contribution in [0.3, 0.4) is 0 Å². The molecule has 0 saturated carbocycles. The molecule has 1 aromatic carbocycles. The number of halogens is 1. The Balaban J connectivity index is 1.89. The first kappa shape index (κ1) is 13.8. The van der Waals surface area contributed by atoms with Crippen LogP contribution in [-0.2, 0) is 6.54 Å². The minimum atomic E-state index is 0.547. The highest BCUT2D eigenvalue weighted by Gasteiger charge is 2.04. The predicted octanol–water partition coefficient (Wildman–Crippen LogP) is 4.51. The lowest BCUT2D eigenvalue weighted by atomic mass is 10.1. The third-order valence-electron chi connectivity index (χ3n) is 3.43. The molecule has 4 heteroatoms. The topological polar surface area (TPSA) is 37.8 Å². The van der Waals surface area contributed by atoms with Crippen molar-refractivity contribution in [2.24, 2.45) is 0 Å². The second-order valence-corrected chi connectivity index (χ2v) is 5.48. The van der Waals surface area contributed by atoms with Gasteiger partial charge in [0.2, 0.25) is 0 Å². The van der Waals surface area contributed by atoms with Gasteiger partial charge in [0.05, 0.1) is 17.4 Å². The number of benzene rings is 1. The summed E-state index contributed by atoms with van der Waals surface area (Å²) >= 11 is 5.95. The monoisotopic (exact) mass is 297 g/mol. The van der Waals surface area contributed by atoms with Gasteiger partial charge in [-0.25, -0.2) is 4.98 Å². The van der Waals surface area contributed by atoms with Crippen LogP contribution in [-0.4, -0.2) is 9.97 Å². The fourth-order valence-electron chi connectivity index (χ4n) is 2.39. The van der Waals surface area contributed by atoms with Crippen LogP contribution in [0, 0.1) is 13.8 Å². The summed E-state index contributed by atoms with van der Waals surface area (Å²) in [5.41, 5.74) is 5.22. The molecule has 0 spiro atoms. The van der Waals surface area contributed by atoms with Gasteiger partial charge in [-0.3, -0.25) is 4.98 Å². The van der Waals surface area contributed by atoms with Crippen LogP contribution in [0.2, 0.25) is 5.15 Å². The number of nitrogens with zero attached hydrogens (tertiary/aromatic N) is 2. The average Bonchev–Trinajstić information content (AvgIpc) is 2.48. The number of para-hydroxylation sites is 1. The van der Waals surface area contributed by atoms with Gasteiger partial charge in [0.1, 0.15) is 5.15 Å². The zero-order valence-electron chi connectivity index (χ0n) is 12.0. The van der Waals surface area contributed by atoms with E-state index in [4.69, 9.17) is 11.6 Å². The third kappa shape index (κ3) is 2.98. The first-order chi connectivity index (χ1) is 10.1. The van der Waals surface area contributed by atoms with E-state index in [-0.39, 0.29) is 0 Å². The summed E-state index contributed by atoms with van der Waals surface area (Å²) in [4.78, 5) is 8.72. The Kier molecular flexibility index (Phi) is 3.76. The lowest BCUT2D eigenvalue weighted by molar-refractivity contribution is 1.12. The van der Waals surface area contributed by atoms with E-state index in [1.165, 1.54) is 10.9 Å². The molecule has 3 nitrogen and oxygen atoms in total. The maximum Gasteiger partial charge on any atom is 0.132 e. The van der Waals surface area contributed by atoms with Gasteiger partial charge in [0.15, 0.2) is 0 Å². The molecule has 0 saturated heterocycles. The molecule has 2 heterocycles. The molecular formula is C17H16ClN3. The van der Waals surface area contributed by atoms with Gasteiger partial charge < -0.3 is 5.32 Å². The van der Waals surface area contributed by atoms with E-state index in [9.17, 15) is 0 Å². The fraction of sp³-hybridized carbons (Fsp3) is 0.176. The first-order valence-corrected chi connectivity index (χ1v) is 7.22. The zero-order chi connectivity index (χ0) is 14.8. The molecule has 0 bridgehead atoms. The van der Waals surface area contributed by atoms with Crippen molar-refractivity contribution in [3.8, 4) is 0 Å². The van der Waals surface area contributed by atoms with Crippen LogP contribution in [0.1, 0.15) is 16.8 Å². The predicted molar refractivity (Wildman–Crippen MR) is 87.8 cm³/mol. The summed E-state index contributed by atoms with van der Waals surface area (Å²) in [5, 5.41) is 5.12. The molecule has 0 atom stereocenters. The van der Waals surface area contributed by atoms with Gasteiger partial charge >= 0.3 is 0 Å². The molecule has 1 N–H and O–H groups in total. The highest BCUT2D eigenvalue weighted by atomic mass is 35.5. The minimum Gasteiger partial charge on any atom is -0.380 e. The second-order valence-electron chi connectivity index (χ2n) is 5.13. The largest absolute Gasteiger partial charge is 0.380 e. The van der Waals surface area contributed by atoms with Crippen LogP contribution in [0.5, 0.6) is 0 Å². The molecule has 106 valence electrons. The van der Waals surface area contributed by atoms with Crippen molar-refractivity contribution in [2.45, 2.75) is 20.4 Å².